The molecule has 0 amide bonds. The number of ether oxygens (including phenoxy) is 1. The van der Waals surface area contributed by atoms with Crippen LogP contribution in [0.25, 0.3) is 0 Å². The molecule has 0 aromatic rings. The third kappa shape index (κ3) is 4.25. The van der Waals surface area contributed by atoms with Gasteiger partial charge < -0.3 is 4.74 Å². The fourth-order valence-electron chi connectivity index (χ4n) is 3.15. The Balaban J connectivity index is 1.64. The van der Waals surface area contributed by atoms with E-state index >= 15 is 0 Å². The topological polar surface area (TPSA) is 9.23 Å². The molecule has 1 nitrogen and oxygen atoms in total. The maximum atomic E-state index is 6.33. The Bertz CT molecular complexity index is 163. The van der Waals surface area contributed by atoms with E-state index in [9.17, 15) is 0 Å². The van der Waals surface area contributed by atoms with E-state index in [0.29, 0.717) is 6.10 Å². The quantitative estimate of drug-likeness (QED) is 0.641. The number of alkyl halides is 1. The van der Waals surface area contributed by atoms with E-state index < -0.39 is 0 Å². The Kier molecular flexibility index (Phi) is 5.44. The molecule has 16 heavy (non-hydrogen) atoms. The molecule has 0 aliphatic heterocycles. The van der Waals surface area contributed by atoms with Crippen molar-refractivity contribution < 1.29 is 4.74 Å². The zero-order valence-electron chi connectivity index (χ0n) is 10.3. The zero-order valence-corrected chi connectivity index (χ0v) is 11.1. The molecular weight excluding hydrogens is 220 g/mol. The fourth-order valence-corrected chi connectivity index (χ4v) is 3.55. The van der Waals surface area contributed by atoms with Gasteiger partial charge >= 0.3 is 0 Å². The Morgan fingerprint density at radius 3 is 2.06 bits per heavy atom. The van der Waals surface area contributed by atoms with Crippen LogP contribution in [0.1, 0.15) is 70.6 Å². The van der Waals surface area contributed by atoms with Gasteiger partial charge in [0.25, 0.3) is 0 Å². The van der Waals surface area contributed by atoms with E-state index in [1.807, 2.05) is 0 Å². The minimum absolute atomic E-state index is 0.0220. The van der Waals surface area contributed by atoms with Crippen molar-refractivity contribution in [2.24, 2.45) is 5.92 Å². The maximum absolute atomic E-state index is 6.33. The van der Waals surface area contributed by atoms with Crippen molar-refractivity contribution in [3.8, 4) is 0 Å². The summed E-state index contributed by atoms with van der Waals surface area (Å²) < 4.78 is 5.96. The van der Waals surface area contributed by atoms with Crippen LogP contribution in [0.2, 0.25) is 0 Å². The molecular formula is C14H25ClO. The van der Waals surface area contributed by atoms with Gasteiger partial charge in [0.05, 0.1) is 6.10 Å². The summed E-state index contributed by atoms with van der Waals surface area (Å²) in [4.78, 5) is 0. The first-order valence-electron chi connectivity index (χ1n) is 7.14. The van der Waals surface area contributed by atoms with Crippen LogP contribution in [-0.4, -0.2) is 11.7 Å². The third-order valence-corrected chi connectivity index (χ3v) is 4.42. The smallest absolute Gasteiger partial charge is 0.131 e. The number of hydrogen-bond donors (Lipinski definition) is 0. The number of halogens is 1. The molecule has 2 rings (SSSR count). The monoisotopic (exact) mass is 244 g/mol. The van der Waals surface area contributed by atoms with Crippen molar-refractivity contribution in [3.05, 3.63) is 0 Å². The molecule has 0 radical (unpaired) electrons. The second-order valence-electron chi connectivity index (χ2n) is 5.55. The summed E-state index contributed by atoms with van der Waals surface area (Å²) in [6.45, 7) is 0. The average molecular weight is 245 g/mol. The van der Waals surface area contributed by atoms with Crippen LogP contribution < -0.4 is 0 Å². The molecule has 2 fully saturated rings. The van der Waals surface area contributed by atoms with E-state index in [4.69, 9.17) is 16.3 Å². The molecule has 0 heterocycles. The van der Waals surface area contributed by atoms with Gasteiger partial charge in [0.15, 0.2) is 0 Å². The van der Waals surface area contributed by atoms with Crippen molar-refractivity contribution in [1.82, 2.24) is 0 Å². The van der Waals surface area contributed by atoms with Gasteiger partial charge in [0.1, 0.15) is 5.56 Å². The lowest BCUT2D eigenvalue weighted by molar-refractivity contribution is -0.00280. The third-order valence-electron chi connectivity index (χ3n) is 4.14. The first-order valence-corrected chi connectivity index (χ1v) is 7.58. The van der Waals surface area contributed by atoms with Gasteiger partial charge in [-0.05, 0) is 25.2 Å². The Morgan fingerprint density at radius 1 is 0.875 bits per heavy atom. The average Bonchev–Trinajstić information content (AvgIpc) is 2.31. The van der Waals surface area contributed by atoms with Crippen molar-refractivity contribution >= 4 is 11.6 Å². The molecule has 0 saturated heterocycles. The van der Waals surface area contributed by atoms with E-state index in [1.54, 1.807) is 0 Å². The van der Waals surface area contributed by atoms with E-state index in [-0.39, 0.29) is 5.56 Å². The molecule has 2 heteroatoms. The Hall–Kier alpha value is 0.250. The zero-order chi connectivity index (χ0) is 11.2. The lowest BCUT2D eigenvalue weighted by Gasteiger charge is -2.28. The molecule has 1 atom stereocenters. The predicted molar refractivity (Wildman–Crippen MR) is 68.8 cm³/mol. The van der Waals surface area contributed by atoms with Gasteiger partial charge in [-0.15, -0.1) is 0 Å². The SMILES string of the molecule is ClC(CC1CCCCC1)OC1CCCCC1. The molecule has 0 spiro atoms. The van der Waals surface area contributed by atoms with Crippen molar-refractivity contribution in [2.75, 3.05) is 0 Å². The van der Waals surface area contributed by atoms with Crippen LogP contribution in [0.15, 0.2) is 0 Å². The van der Waals surface area contributed by atoms with Crippen LogP contribution in [0.5, 0.6) is 0 Å². The van der Waals surface area contributed by atoms with Gasteiger partial charge in [0, 0.05) is 0 Å². The normalized spacial score (nSPS) is 26.8. The molecule has 94 valence electrons. The summed E-state index contributed by atoms with van der Waals surface area (Å²) in [5.74, 6) is 0.833. The van der Waals surface area contributed by atoms with Crippen molar-refractivity contribution in [2.45, 2.75) is 82.3 Å². The van der Waals surface area contributed by atoms with Crippen molar-refractivity contribution in [3.63, 3.8) is 0 Å². The summed E-state index contributed by atoms with van der Waals surface area (Å²) in [6.07, 6.45) is 15.0. The van der Waals surface area contributed by atoms with Gasteiger partial charge in [-0.2, -0.15) is 0 Å². The molecule has 2 aliphatic carbocycles. The standard InChI is InChI=1S/C14H25ClO/c15-14(11-12-7-3-1-4-8-12)16-13-9-5-2-6-10-13/h12-14H,1-11H2. The lowest BCUT2D eigenvalue weighted by atomic mass is 9.87. The predicted octanol–water partition coefficient (Wildman–Crippen LogP) is 4.87. The van der Waals surface area contributed by atoms with Gasteiger partial charge in [0.2, 0.25) is 0 Å². The summed E-state index contributed by atoms with van der Waals surface area (Å²) in [6, 6.07) is 0. The first-order chi connectivity index (χ1) is 7.84. The second kappa shape index (κ2) is 6.86. The number of hydrogen-bond acceptors (Lipinski definition) is 1. The summed E-state index contributed by atoms with van der Waals surface area (Å²) in [5, 5.41) is 0. The van der Waals surface area contributed by atoms with E-state index in [2.05, 4.69) is 0 Å². The minimum Gasteiger partial charge on any atom is -0.359 e. The highest BCUT2D eigenvalue weighted by molar-refractivity contribution is 6.19. The van der Waals surface area contributed by atoms with E-state index in [1.165, 1.54) is 64.2 Å². The van der Waals surface area contributed by atoms with Crippen LogP contribution in [-0.2, 0) is 4.74 Å². The maximum Gasteiger partial charge on any atom is 0.131 e. The lowest BCUT2D eigenvalue weighted by Crippen LogP contribution is -2.23. The molecule has 1 unspecified atom stereocenters. The highest BCUT2D eigenvalue weighted by atomic mass is 35.5. The largest absolute Gasteiger partial charge is 0.359 e. The van der Waals surface area contributed by atoms with Gasteiger partial charge in [-0.3, -0.25) is 0 Å². The summed E-state index contributed by atoms with van der Waals surface area (Å²) >= 11 is 6.33. The molecule has 0 N–H and O–H groups in total. The molecule has 0 bridgehead atoms. The van der Waals surface area contributed by atoms with Crippen molar-refractivity contribution in [1.29, 1.82) is 0 Å². The minimum atomic E-state index is -0.0220. The summed E-state index contributed by atoms with van der Waals surface area (Å²) in [7, 11) is 0. The van der Waals surface area contributed by atoms with Crippen LogP contribution in [0.3, 0.4) is 0 Å². The van der Waals surface area contributed by atoms with Crippen LogP contribution in [0.4, 0.5) is 0 Å². The van der Waals surface area contributed by atoms with Crippen LogP contribution >= 0.6 is 11.6 Å². The molecule has 0 aromatic heterocycles. The van der Waals surface area contributed by atoms with E-state index in [0.717, 1.165) is 12.3 Å². The first kappa shape index (κ1) is 12.7. The highest BCUT2D eigenvalue weighted by Crippen LogP contribution is 2.30. The molecule has 2 aliphatic rings. The highest BCUT2D eigenvalue weighted by Gasteiger charge is 2.21. The second-order valence-corrected chi connectivity index (χ2v) is 6.03. The fraction of sp³-hybridized carbons (Fsp3) is 1.00. The van der Waals surface area contributed by atoms with Crippen LogP contribution in [0, 0.1) is 5.92 Å². The molecule has 0 aromatic carbocycles. The Labute approximate surface area is 105 Å². The summed E-state index contributed by atoms with van der Waals surface area (Å²) in [5.41, 5.74) is -0.0220. The van der Waals surface area contributed by atoms with Gasteiger partial charge in [-0.25, -0.2) is 0 Å². The molecule has 2 saturated carbocycles. The Morgan fingerprint density at radius 2 is 1.44 bits per heavy atom. The number of rotatable bonds is 4. The van der Waals surface area contributed by atoms with Gasteiger partial charge in [-0.1, -0.05) is 63.0 Å².